The monoisotopic (exact) mass is 477 g/mol. The SMILES string of the molecule is CC(O)C(NC(=O)C1CCCN1C(=O)C(N)CC(N)=O)C(=O)NC(Cc1ccccc1)C(=O)O. The Kier molecular flexibility index (Phi) is 9.51. The lowest BCUT2D eigenvalue weighted by molar-refractivity contribution is -0.144. The molecule has 1 heterocycles. The summed E-state index contributed by atoms with van der Waals surface area (Å²) in [5.41, 5.74) is 11.5. The van der Waals surface area contributed by atoms with Gasteiger partial charge in [-0.05, 0) is 25.3 Å². The van der Waals surface area contributed by atoms with E-state index in [1.807, 2.05) is 0 Å². The number of rotatable bonds is 11. The first kappa shape index (κ1) is 26.7. The van der Waals surface area contributed by atoms with Crippen molar-refractivity contribution < 1.29 is 34.2 Å². The third-order valence-electron chi connectivity index (χ3n) is 5.54. The Balaban J connectivity index is 2.08. The Bertz CT molecular complexity index is 908. The molecule has 1 aromatic carbocycles. The number of carboxylic acids is 1. The average Bonchev–Trinajstić information content (AvgIpc) is 3.26. The molecule has 0 aromatic heterocycles. The van der Waals surface area contributed by atoms with Crippen LogP contribution < -0.4 is 22.1 Å². The summed E-state index contributed by atoms with van der Waals surface area (Å²) in [7, 11) is 0. The molecular weight excluding hydrogens is 446 g/mol. The summed E-state index contributed by atoms with van der Waals surface area (Å²) < 4.78 is 0. The number of nitrogens with one attached hydrogen (secondary N) is 2. The van der Waals surface area contributed by atoms with Gasteiger partial charge in [-0.15, -0.1) is 0 Å². The molecule has 1 aromatic rings. The van der Waals surface area contributed by atoms with Crippen LogP contribution in [0.25, 0.3) is 0 Å². The second-order valence-corrected chi connectivity index (χ2v) is 8.28. The summed E-state index contributed by atoms with van der Waals surface area (Å²) in [5, 5.41) is 24.4. The maximum atomic E-state index is 12.9. The highest BCUT2D eigenvalue weighted by atomic mass is 16.4. The molecule has 0 saturated carbocycles. The average molecular weight is 478 g/mol. The second-order valence-electron chi connectivity index (χ2n) is 8.28. The van der Waals surface area contributed by atoms with E-state index >= 15 is 0 Å². The summed E-state index contributed by atoms with van der Waals surface area (Å²) in [6, 6.07) is 3.77. The Labute approximate surface area is 196 Å². The van der Waals surface area contributed by atoms with Gasteiger partial charge in [0.25, 0.3) is 0 Å². The van der Waals surface area contributed by atoms with Gasteiger partial charge in [0.2, 0.25) is 23.6 Å². The van der Waals surface area contributed by atoms with Gasteiger partial charge in [0.05, 0.1) is 18.6 Å². The molecule has 12 nitrogen and oxygen atoms in total. The molecule has 8 N–H and O–H groups in total. The lowest BCUT2D eigenvalue weighted by atomic mass is 10.0. The fourth-order valence-electron chi connectivity index (χ4n) is 3.79. The van der Waals surface area contributed by atoms with Crippen molar-refractivity contribution in [2.24, 2.45) is 11.5 Å². The zero-order valence-corrected chi connectivity index (χ0v) is 18.8. The smallest absolute Gasteiger partial charge is 0.326 e. The number of nitrogens with two attached hydrogens (primary N) is 2. The van der Waals surface area contributed by atoms with E-state index in [-0.39, 0.29) is 19.4 Å². The van der Waals surface area contributed by atoms with Gasteiger partial charge in [-0.1, -0.05) is 30.3 Å². The first-order valence-corrected chi connectivity index (χ1v) is 10.9. The van der Waals surface area contributed by atoms with Crippen molar-refractivity contribution >= 4 is 29.6 Å². The lowest BCUT2D eigenvalue weighted by Crippen LogP contribution is -2.59. The molecule has 4 amide bonds. The van der Waals surface area contributed by atoms with Crippen LogP contribution in [0.1, 0.15) is 31.7 Å². The topological polar surface area (TPSA) is 205 Å². The molecule has 5 unspecified atom stereocenters. The Morgan fingerprint density at radius 2 is 1.79 bits per heavy atom. The van der Waals surface area contributed by atoms with Crippen molar-refractivity contribution in [2.45, 2.75) is 62.9 Å². The molecule has 1 aliphatic heterocycles. The quantitative estimate of drug-likeness (QED) is 0.207. The van der Waals surface area contributed by atoms with Crippen LogP contribution in [0, 0.1) is 0 Å². The van der Waals surface area contributed by atoms with Gasteiger partial charge in [0.15, 0.2) is 0 Å². The Morgan fingerprint density at radius 3 is 2.35 bits per heavy atom. The largest absolute Gasteiger partial charge is 0.480 e. The van der Waals surface area contributed by atoms with E-state index in [0.29, 0.717) is 18.4 Å². The van der Waals surface area contributed by atoms with Crippen molar-refractivity contribution in [1.29, 1.82) is 0 Å². The van der Waals surface area contributed by atoms with Crippen molar-refractivity contribution in [1.82, 2.24) is 15.5 Å². The van der Waals surface area contributed by atoms with Crippen molar-refractivity contribution in [2.75, 3.05) is 6.54 Å². The van der Waals surface area contributed by atoms with E-state index in [1.165, 1.54) is 11.8 Å². The van der Waals surface area contributed by atoms with E-state index in [1.54, 1.807) is 30.3 Å². The Hall–Kier alpha value is -3.51. The van der Waals surface area contributed by atoms with Gasteiger partial charge in [-0.3, -0.25) is 19.2 Å². The van der Waals surface area contributed by atoms with Crippen LogP contribution in [0.5, 0.6) is 0 Å². The molecule has 5 atom stereocenters. The summed E-state index contributed by atoms with van der Waals surface area (Å²) in [4.78, 5) is 62.2. The van der Waals surface area contributed by atoms with Gasteiger partial charge >= 0.3 is 5.97 Å². The number of carboxylic acid groups (broad SMARTS) is 1. The summed E-state index contributed by atoms with van der Waals surface area (Å²) in [6.45, 7) is 1.50. The number of carbonyl (C=O) groups is 5. The van der Waals surface area contributed by atoms with Crippen molar-refractivity contribution in [3.63, 3.8) is 0 Å². The molecule has 0 spiro atoms. The van der Waals surface area contributed by atoms with Gasteiger partial charge in [0.1, 0.15) is 18.1 Å². The van der Waals surface area contributed by atoms with Crippen molar-refractivity contribution in [3.8, 4) is 0 Å². The molecule has 34 heavy (non-hydrogen) atoms. The maximum Gasteiger partial charge on any atom is 0.326 e. The highest BCUT2D eigenvalue weighted by Crippen LogP contribution is 2.19. The van der Waals surface area contributed by atoms with E-state index in [9.17, 15) is 34.2 Å². The van der Waals surface area contributed by atoms with Crippen LogP contribution in [0.4, 0.5) is 0 Å². The number of aliphatic hydroxyl groups is 1. The first-order chi connectivity index (χ1) is 16.0. The van der Waals surface area contributed by atoms with Crippen molar-refractivity contribution in [3.05, 3.63) is 35.9 Å². The van der Waals surface area contributed by atoms with E-state index in [4.69, 9.17) is 11.5 Å². The number of amides is 4. The highest BCUT2D eigenvalue weighted by molar-refractivity contribution is 5.95. The molecule has 2 rings (SSSR count). The number of aliphatic carboxylic acids is 1. The molecule has 1 aliphatic rings. The van der Waals surface area contributed by atoms with E-state index in [2.05, 4.69) is 10.6 Å². The normalized spacial score (nSPS) is 18.9. The molecule has 1 fully saturated rings. The van der Waals surface area contributed by atoms with Crippen LogP contribution in [-0.2, 0) is 30.4 Å². The lowest BCUT2D eigenvalue weighted by Gasteiger charge is -2.29. The Morgan fingerprint density at radius 1 is 1.15 bits per heavy atom. The molecule has 12 heteroatoms. The number of hydrogen-bond acceptors (Lipinski definition) is 7. The highest BCUT2D eigenvalue weighted by Gasteiger charge is 2.39. The van der Waals surface area contributed by atoms with Gasteiger partial charge in [-0.2, -0.15) is 0 Å². The molecule has 0 aliphatic carbocycles. The zero-order chi connectivity index (χ0) is 25.4. The van der Waals surface area contributed by atoms with Gasteiger partial charge < -0.3 is 37.2 Å². The second kappa shape index (κ2) is 12.1. The first-order valence-electron chi connectivity index (χ1n) is 10.9. The number of aliphatic hydroxyl groups excluding tert-OH is 1. The number of likely N-dealkylation sites (tertiary alicyclic amines) is 1. The van der Waals surface area contributed by atoms with E-state index in [0.717, 1.165) is 0 Å². The third-order valence-corrected chi connectivity index (χ3v) is 5.54. The van der Waals surface area contributed by atoms with Crippen LogP contribution in [0.3, 0.4) is 0 Å². The minimum atomic E-state index is -1.46. The predicted molar refractivity (Wildman–Crippen MR) is 120 cm³/mol. The number of nitrogens with zero attached hydrogens (tertiary/aromatic N) is 1. The van der Waals surface area contributed by atoms with Gasteiger partial charge in [0, 0.05) is 13.0 Å². The number of carbonyl (C=O) groups excluding carboxylic acids is 4. The van der Waals surface area contributed by atoms with Crippen LogP contribution in [0.2, 0.25) is 0 Å². The van der Waals surface area contributed by atoms with Gasteiger partial charge in [-0.25, -0.2) is 4.79 Å². The summed E-state index contributed by atoms with van der Waals surface area (Å²) >= 11 is 0. The zero-order valence-electron chi connectivity index (χ0n) is 18.8. The third kappa shape index (κ3) is 7.25. The fraction of sp³-hybridized carbons (Fsp3) is 0.500. The summed E-state index contributed by atoms with van der Waals surface area (Å²) in [6.07, 6.45) is -0.930. The number of hydrogen-bond donors (Lipinski definition) is 6. The summed E-state index contributed by atoms with van der Waals surface area (Å²) in [5.74, 6) is -4.23. The molecular formula is C22H31N5O7. The maximum absolute atomic E-state index is 12.9. The molecule has 1 saturated heterocycles. The van der Waals surface area contributed by atoms with Crippen LogP contribution in [0.15, 0.2) is 30.3 Å². The molecule has 186 valence electrons. The fourth-order valence-corrected chi connectivity index (χ4v) is 3.79. The number of primary amides is 1. The molecule has 0 bridgehead atoms. The standard InChI is InChI=1S/C22H31N5O7/c1-12(28)18(20(31)25-15(22(33)34)10-13-6-3-2-4-7-13)26-19(30)16-8-5-9-27(16)21(32)14(23)11-17(24)29/h2-4,6-7,12,14-16,18,28H,5,8-11,23H2,1H3,(H2,24,29)(H,25,31)(H,26,30)(H,33,34). The van der Waals surface area contributed by atoms with Crippen LogP contribution >= 0.6 is 0 Å². The predicted octanol–water partition coefficient (Wildman–Crippen LogP) is -2.14. The molecule has 0 radical (unpaired) electrons. The van der Waals surface area contributed by atoms with E-state index < -0.39 is 59.9 Å². The number of benzene rings is 1. The van der Waals surface area contributed by atoms with Crippen LogP contribution in [-0.4, -0.2) is 81.5 Å². The minimum Gasteiger partial charge on any atom is -0.480 e. The minimum absolute atomic E-state index is 0.00501.